The fourth-order valence-corrected chi connectivity index (χ4v) is 12.2. The third kappa shape index (κ3) is 3.88. The fourth-order valence-electron chi connectivity index (χ4n) is 7.48. The summed E-state index contributed by atoms with van der Waals surface area (Å²) in [6.07, 6.45) is 2.80. The van der Waals surface area contributed by atoms with Crippen molar-refractivity contribution in [1.29, 1.82) is 0 Å². The van der Waals surface area contributed by atoms with Crippen LogP contribution in [0.3, 0.4) is 0 Å². The highest BCUT2D eigenvalue weighted by atomic mass is 28.4. The molecule has 5 rings (SSSR count). The van der Waals surface area contributed by atoms with E-state index in [0.717, 1.165) is 19.3 Å². The van der Waals surface area contributed by atoms with Crippen molar-refractivity contribution in [3.8, 4) is 0 Å². The highest BCUT2D eigenvalue weighted by Crippen LogP contribution is 2.60. The number of fused-ring (bicyclic) bond motifs is 2. The molecule has 1 amide bonds. The summed E-state index contributed by atoms with van der Waals surface area (Å²) in [6.45, 7) is 11.9. The van der Waals surface area contributed by atoms with Gasteiger partial charge in [-0.05, 0) is 52.4 Å². The largest absolute Gasteiger partial charge is 0.403 e. The topological polar surface area (TPSA) is 70.6 Å². The van der Waals surface area contributed by atoms with Crippen LogP contribution in [0, 0.1) is 11.3 Å². The van der Waals surface area contributed by atoms with E-state index < -0.39 is 20.0 Å². The second-order valence-corrected chi connectivity index (χ2v) is 17.0. The summed E-state index contributed by atoms with van der Waals surface area (Å²) in [5.41, 5.74) is -0.612. The summed E-state index contributed by atoms with van der Waals surface area (Å²) >= 11 is 0. The number of carbonyl (C=O) groups excluding carboxylic acids is 1. The lowest BCUT2D eigenvalue weighted by Gasteiger charge is -2.44. The van der Waals surface area contributed by atoms with E-state index in [9.17, 15) is 9.90 Å². The van der Waals surface area contributed by atoms with E-state index >= 15 is 0 Å². The van der Waals surface area contributed by atoms with Crippen LogP contribution in [0.25, 0.3) is 0 Å². The van der Waals surface area contributed by atoms with Gasteiger partial charge in [-0.2, -0.15) is 0 Å². The monoisotopic (exact) mass is 506 g/mol. The molecule has 0 spiro atoms. The lowest BCUT2D eigenvalue weighted by Crippen LogP contribution is -2.67. The molecule has 194 valence electrons. The molecule has 1 saturated heterocycles. The number of amides is 1. The van der Waals surface area contributed by atoms with Gasteiger partial charge in [-0.3, -0.25) is 4.79 Å². The van der Waals surface area contributed by atoms with Gasteiger partial charge in [-0.15, -0.1) is 0 Å². The van der Waals surface area contributed by atoms with Crippen molar-refractivity contribution in [2.24, 2.45) is 11.3 Å². The van der Waals surface area contributed by atoms with Crippen LogP contribution in [0.1, 0.15) is 60.3 Å². The first-order valence-corrected chi connectivity index (χ1v) is 15.4. The van der Waals surface area contributed by atoms with Gasteiger partial charge < -0.3 is 20.2 Å². The molecule has 1 heterocycles. The molecule has 2 aromatic carbocycles. The van der Waals surface area contributed by atoms with Crippen molar-refractivity contribution >= 4 is 24.6 Å². The number of rotatable bonds is 6. The first kappa shape index (κ1) is 25.6. The molecule has 36 heavy (non-hydrogen) atoms. The van der Waals surface area contributed by atoms with Crippen LogP contribution in [-0.2, 0) is 9.22 Å². The normalized spacial score (nSPS) is 31.5. The van der Waals surface area contributed by atoms with E-state index in [4.69, 9.17) is 4.43 Å². The van der Waals surface area contributed by atoms with Gasteiger partial charge in [0, 0.05) is 6.54 Å². The molecule has 0 aromatic heterocycles. The number of benzene rings is 2. The van der Waals surface area contributed by atoms with Crippen molar-refractivity contribution in [2.45, 2.75) is 89.1 Å². The second-order valence-electron chi connectivity index (χ2n) is 12.8. The molecule has 0 radical (unpaired) electrons. The van der Waals surface area contributed by atoms with Gasteiger partial charge in [-0.1, -0.05) is 95.3 Å². The molecule has 2 aromatic rings. The molecular formula is C30H42N2O3Si. The zero-order chi connectivity index (χ0) is 25.8. The van der Waals surface area contributed by atoms with Gasteiger partial charge in [0.1, 0.15) is 0 Å². The minimum absolute atomic E-state index is 0.00165. The van der Waals surface area contributed by atoms with E-state index in [2.05, 4.69) is 106 Å². The number of hydrogen-bond acceptors (Lipinski definition) is 4. The Kier molecular flexibility index (Phi) is 6.47. The van der Waals surface area contributed by atoms with Crippen molar-refractivity contribution < 1.29 is 14.3 Å². The number of hydrogen-bond donors (Lipinski definition) is 3. The molecule has 5 nitrogen and oxygen atoms in total. The van der Waals surface area contributed by atoms with Crippen LogP contribution in [0.5, 0.6) is 0 Å². The van der Waals surface area contributed by atoms with Crippen molar-refractivity contribution in [2.75, 3.05) is 6.54 Å². The smallest absolute Gasteiger partial charge is 0.261 e. The minimum atomic E-state index is -2.68. The predicted molar refractivity (Wildman–Crippen MR) is 147 cm³/mol. The first-order valence-electron chi connectivity index (χ1n) is 13.5. The van der Waals surface area contributed by atoms with Gasteiger partial charge in [0.15, 0.2) is 0 Å². The summed E-state index contributed by atoms with van der Waals surface area (Å²) in [5, 5.41) is 20.1. The standard InChI is InChI=1S/C30H42N2O3Si/c1-28(2,3)36(23-12-8-6-9-13-23,24-14-10-7-11-15-24)35-22-19-25(31-20-22)27(34)32-30-17-16-21(18-26(30)33)29(30,4)5/h6-15,21-22,25-26,31,33H,16-20H2,1-5H3,(H,32,34)/t21-,22-,25+,26-,30-/m1/s1. The van der Waals surface area contributed by atoms with Crippen LogP contribution in [0.4, 0.5) is 0 Å². The number of aliphatic hydroxyl groups is 1. The van der Waals surface area contributed by atoms with E-state index in [1.54, 1.807) is 0 Å². The van der Waals surface area contributed by atoms with Gasteiger partial charge in [0.2, 0.25) is 5.91 Å². The van der Waals surface area contributed by atoms with Crippen molar-refractivity contribution in [3.05, 3.63) is 60.7 Å². The fraction of sp³-hybridized carbons (Fsp3) is 0.567. The molecule has 1 aliphatic heterocycles. The van der Waals surface area contributed by atoms with Crippen LogP contribution < -0.4 is 21.0 Å². The maximum atomic E-state index is 13.5. The average Bonchev–Trinajstić information content (AvgIpc) is 3.46. The highest BCUT2D eigenvalue weighted by Gasteiger charge is 2.65. The lowest BCUT2D eigenvalue weighted by atomic mass is 9.75. The molecule has 2 bridgehead atoms. The summed E-state index contributed by atoms with van der Waals surface area (Å²) in [5.74, 6) is 0.466. The van der Waals surface area contributed by atoms with Crippen molar-refractivity contribution in [1.82, 2.24) is 10.6 Å². The molecule has 3 fully saturated rings. The van der Waals surface area contributed by atoms with Gasteiger partial charge in [0.25, 0.3) is 8.32 Å². The summed E-state index contributed by atoms with van der Waals surface area (Å²) < 4.78 is 7.25. The summed E-state index contributed by atoms with van der Waals surface area (Å²) in [4.78, 5) is 13.5. The number of carbonyl (C=O) groups is 1. The number of nitrogens with one attached hydrogen (secondary N) is 2. The molecule has 0 unspecified atom stereocenters. The molecule has 3 aliphatic rings. The van der Waals surface area contributed by atoms with Gasteiger partial charge >= 0.3 is 0 Å². The Labute approximate surface area is 217 Å². The van der Waals surface area contributed by atoms with E-state index in [-0.39, 0.29) is 28.5 Å². The zero-order valence-electron chi connectivity index (χ0n) is 22.4. The quantitative estimate of drug-likeness (QED) is 0.526. The van der Waals surface area contributed by atoms with Gasteiger partial charge in [-0.25, -0.2) is 0 Å². The highest BCUT2D eigenvalue weighted by molar-refractivity contribution is 6.99. The molecule has 5 atom stereocenters. The van der Waals surface area contributed by atoms with E-state index in [0.29, 0.717) is 18.9 Å². The number of aliphatic hydroxyl groups excluding tert-OH is 1. The van der Waals surface area contributed by atoms with Crippen molar-refractivity contribution in [3.63, 3.8) is 0 Å². The molecular weight excluding hydrogens is 464 g/mol. The Morgan fingerprint density at radius 3 is 2.08 bits per heavy atom. The maximum absolute atomic E-state index is 13.5. The van der Waals surface area contributed by atoms with Crippen LogP contribution in [0.2, 0.25) is 5.04 Å². The Balaban J connectivity index is 1.39. The van der Waals surface area contributed by atoms with Gasteiger partial charge in [0.05, 0.1) is 23.8 Å². The third-order valence-electron chi connectivity index (χ3n) is 9.65. The first-order chi connectivity index (χ1) is 17.0. The molecule has 2 saturated carbocycles. The predicted octanol–water partition coefficient (Wildman–Crippen LogP) is 3.35. The molecule has 2 aliphatic carbocycles. The van der Waals surface area contributed by atoms with Crippen LogP contribution in [0.15, 0.2) is 60.7 Å². The SMILES string of the molecule is CC1(C)[C@@H]2CC[C@@]1(NC(=O)[C@@H]1C[C@@H](O[Si](c3ccccc3)(c3ccccc3)C(C)(C)C)CN1)[C@H](O)C2. The summed E-state index contributed by atoms with van der Waals surface area (Å²) in [7, 11) is -2.68. The Morgan fingerprint density at radius 2 is 1.61 bits per heavy atom. The van der Waals surface area contributed by atoms with Crippen LogP contribution in [-0.4, -0.2) is 49.7 Å². The maximum Gasteiger partial charge on any atom is 0.261 e. The van der Waals surface area contributed by atoms with Crippen LogP contribution >= 0.6 is 0 Å². The average molecular weight is 507 g/mol. The Bertz CT molecular complexity index is 1040. The van der Waals surface area contributed by atoms with E-state index in [1.165, 1.54) is 10.4 Å². The molecule has 6 heteroatoms. The Morgan fingerprint density at radius 1 is 1.03 bits per heavy atom. The minimum Gasteiger partial charge on any atom is -0.403 e. The Hall–Kier alpha value is -1.99. The summed E-state index contributed by atoms with van der Waals surface area (Å²) in [6, 6.07) is 21.0. The lowest BCUT2D eigenvalue weighted by molar-refractivity contribution is -0.128. The zero-order valence-corrected chi connectivity index (χ0v) is 23.4. The van der Waals surface area contributed by atoms with E-state index in [1.807, 2.05) is 0 Å². The second kappa shape index (κ2) is 9.09. The molecule has 3 N–H and O–H groups in total. The third-order valence-corrected chi connectivity index (χ3v) is 14.7.